The number of carbonyl (C=O) groups excluding carboxylic acids is 1. The van der Waals surface area contributed by atoms with Gasteiger partial charge in [-0.25, -0.2) is 8.42 Å². The van der Waals surface area contributed by atoms with E-state index in [0.29, 0.717) is 25.3 Å². The fourth-order valence-electron chi connectivity index (χ4n) is 3.81. The third-order valence-electron chi connectivity index (χ3n) is 5.50. The maximum atomic E-state index is 12.9. The Kier molecular flexibility index (Phi) is 9.66. The lowest BCUT2D eigenvalue weighted by atomic mass is 9.95. The zero-order valence-electron chi connectivity index (χ0n) is 16.0. The lowest BCUT2D eigenvalue weighted by Gasteiger charge is -2.31. The largest absolute Gasteiger partial charge is 0.330 e. The van der Waals surface area contributed by atoms with Gasteiger partial charge >= 0.3 is 0 Å². The molecular weight excluding hydrogens is 423 g/mol. The molecular formula is C18H30Cl2N4O3S. The van der Waals surface area contributed by atoms with Crippen LogP contribution in [0.3, 0.4) is 0 Å². The predicted molar refractivity (Wildman–Crippen MR) is 116 cm³/mol. The first-order valence-corrected chi connectivity index (χ1v) is 10.7. The summed E-state index contributed by atoms with van der Waals surface area (Å²) in [5, 5.41) is 2.88. The van der Waals surface area contributed by atoms with Crippen LogP contribution in [0.25, 0.3) is 0 Å². The minimum atomic E-state index is -3.54. The number of hydrogen-bond donors (Lipinski definition) is 2. The monoisotopic (exact) mass is 452 g/mol. The third-order valence-corrected chi connectivity index (χ3v) is 7.39. The summed E-state index contributed by atoms with van der Waals surface area (Å²) in [5.74, 6) is 0.0669. The lowest BCUT2D eigenvalue weighted by Crippen LogP contribution is -2.47. The standard InChI is InChI=1S/C18H28N4O3S.2ClH/c1-21-8-10-22(11-9-21)26(24,25)16-6-3-5-15(12-16)20-18(23)17-7-2-4-14(17)13-19;;/h3,5-6,12,14,17H,2,4,7-11,13,19H2,1H3,(H,20,23);2*1H/t14-,17-;;/m1../s1. The average Bonchev–Trinajstić information content (AvgIpc) is 3.11. The molecule has 0 spiro atoms. The molecule has 160 valence electrons. The summed E-state index contributed by atoms with van der Waals surface area (Å²) in [6.07, 6.45) is 2.83. The molecule has 1 saturated carbocycles. The van der Waals surface area contributed by atoms with Crippen molar-refractivity contribution in [3.63, 3.8) is 0 Å². The number of likely N-dealkylation sites (N-methyl/N-ethyl adjacent to an activating group) is 1. The Hall–Kier alpha value is -0.900. The van der Waals surface area contributed by atoms with Crippen LogP contribution in [-0.4, -0.2) is 63.3 Å². The van der Waals surface area contributed by atoms with Crippen molar-refractivity contribution in [3.8, 4) is 0 Å². The molecule has 2 fully saturated rings. The molecule has 1 aromatic carbocycles. The first-order valence-electron chi connectivity index (χ1n) is 9.21. The molecule has 7 nitrogen and oxygen atoms in total. The topological polar surface area (TPSA) is 95.7 Å². The number of piperazine rings is 1. The highest BCUT2D eigenvalue weighted by atomic mass is 35.5. The van der Waals surface area contributed by atoms with Gasteiger partial charge in [0.15, 0.2) is 0 Å². The molecule has 3 rings (SSSR count). The van der Waals surface area contributed by atoms with Crippen LogP contribution in [0.4, 0.5) is 5.69 Å². The van der Waals surface area contributed by atoms with Gasteiger partial charge in [0.05, 0.1) is 4.90 Å². The van der Waals surface area contributed by atoms with Crippen molar-refractivity contribution < 1.29 is 13.2 Å². The van der Waals surface area contributed by atoms with Crippen molar-refractivity contribution in [3.05, 3.63) is 24.3 Å². The van der Waals surface area contributed by atoms with Crippen LogP contribution in [0.5, 0.6) is 0 Å². The molecule has 0 aromatic heterocycles. The number of rotatable bonds is 5. The summed E-state index contributed by atoms with van der Waals surface area (Å²) in [4.78, 5) is 14.9. The number of nitrogens with zero attached hydrogens (tertiary/aromatic N) is 2. The van der Waals surface area contributed by atoms with Gasteiger partial charge in [0, 0.05) is 37.8 Å². The quantitative estimate of drug-likeness (QED) is 0.709. The first-order chi connectivity index (χ1) is 12.4. The van der Waals surface area contributed by atoms with E-state index >= 15 is 0 Å². The second-order valence-electron chi connectivity index (χ2n) is 7.26. The molecule has 1 heterocycles. The Morgan fingerprint density at radius 1 is 1.18 bits per heavy atom. The summed E-state index contributed by atoms with van der Waals surface area (Å²) in [5.41, 5.74) is 6.28. The van der Waals surface area contributed by atoms with Gasteiger partial charge in [-0.3, -0.25) is 4.79 Å². The van der Waals surface area contributed by atoms with E-state index in [4.69, 9.17) is 5.73 Å². The maximum absolute atomic E-state index is 12.9. The molecule has 0 radical (unpaired) electrons. The average molecular weight is 453 g/mol. The van der Waals surface area contributed by atoms with Crippen LogP contribution >= 0.6 is 24.8 Å². The summed E-state index contributed by atoms with van der Waals surface area (Å²) >= 11 is 0. The van der Waals surface area contributed by atoms with E-state index in [1.165, 1.54) is 4.31 Å². The molecule has 1 aromatic rings. The minimum Gasteiger partial charge on any atom is -0.330 e. The van der Waals surface area contributed by atoms with Gasteiger partial charge in [-0.2, -0.15) is 4.31 Å². The molecule has 2 aliphatic rings. The molecule has 2 atom stereocenters. The Morgan fingerprint density at radius 2 is 1.86 bits per heavy atom. The molecule has 10 heteroatoms. The van der Waals surface area contributed by atoms with Crippen LogP contribution in [-0.2, 0) is 14.8 Å². The number of sulfonamides is 1. The normalized spacial score (nSPS) is 23.5. The molecule has 3 N–H and O–H groups in total. The van der Waals surface area contributed by atoms with Crippen LogP contribution in [0.2, 0.25) is 0 Å². The van der Waals surface area contributed by atoms with E-state index in [1.54, 1.807) is 24.3 Å². The van der Waals surface area contributed by atoms with Gasteiger partial charge in [0.25, 0.3) is 0 Å². The van der Waals surface area contributed by atoms with Crippen LogP contribution in [0.15, 0.2) is 29.2 Å². The van der Waals surface area contributed by atoms with E-state index < -0.39 is 10.0 Å². The van der Waals surface area contributed by atoms with Gasteiger partial charge < -0.3 is 16.0 Å². The van der Waals surface area contributed by atoms with Crippen LogP contribution < -0.4 is 11.1 Å². The highest BCUT2D eigenvalue weighted by Gasteiger charge is 2.32. The molecule has 28 heavy (non-hydrogen) atoms. The number of benzene rings is 1. The van der Waals surface area contributed by atoms with Gasteiger partial charge in [-0.1, -0.05) is 12.5 Å². The van der Waals surface area contributed by atoms with Gasteiger partial charge in [-0.15, -0.1) is 24.8 Å². The highest BCUT2D eigenvalue weighted by Crippen LogP contribution is 2.32. The number of halogens is 2. The number of amides is 1. The van der Waals surface area contributed by atoms with Crippen molar-refractivity contribution in [2.45, 2.75) is 24.2 Å². The van der Waals surface area contributed by atoms with E-state index in [-0.39, 0.29) is 47.5 Å². The van der Waals surface area contributed by atoms with E-state index in [9.17, 15) is 13.2 Å². The number of hydrogen-bond acceptors (Lipinski definition) is 5. The summed E-state index contributed by atoms with van der Waals surface area (Å²) < 4.78 is 27.2. The highest BCUT2D eigenvalue weighted by molar-refractivity contribution is 7.89. The number of anilines is 1. The number of nitrogens with two attached hydrogens (primary N) is 1. The Labute approximate surface area is 179 Å². The molecule has 1 amide bonds. The number of nitrogens with one attached hydrogen (secondary N) is 1. The fourth-order valence-corrected chi connectivity index (χ4v) is 5.28. The Bertz CT molecular complexity index is 755. The van der Waals surface area contributed by atoms with Crippen molar-refractivity contribution in [2.24, 2.45) is 17.6 Å². The molecule has 1 aliphatic carbocycles. The SMILES string of the molecule is CN1CCN(S(=O)(=O)c2cccc(NC(=O)[C@@H]3CCC[C@@H]3CN)c2)CC1.Cl.Cl. The fraction of sp³-hybridized carbons (Fsp3) is 0.611. The second kappa shape index (κ2) is 10.8. The van der Waals surface area contributed by atoms with Gasteiger partial charge in [0.2, 0.25) is 15.9 Å². The third kappa shape index (κ3) is 5.58. The van der Waals surface area contributed by atoms with Crippen molar-refractivity contribution in [1.29, 1.82) is 0 Å². The minimum absolute atomic E-state index is 0. The maximum Gasteiger partial charge on any atom is 0.243 e. The molecule has 1 saturated heterocycles. The van der Waals surface area contributed by atoms with Crippen LogP contribution in [0.1, 0.15) is 19.3 Å². The van der Waals surface area contributed by atoms with Crippen molar-refractivity contribution in [1.82, 2.24) is 9.21 Å². The van der Waals surface area contributed by atoms with E-state index in [1.807, 2.05) is 7.05 Å². The first kappa shape index (κ1) is 25.1. The van der Waals surface area contributed by atoms with E-state index in [2.05, 4.69) is 10.2 Å². The van der Waals surface area contributed by atoms with Crippen molar-refractivity contribution in [2.75, 3.05) is 45.1 Å². The second-order valence-corrected chi connectivity index (χ2v) is 9.20. The lowest BCUT2D eigenvalue weighted by molar-refractivity contribution is -0.120. The number of carbonyl (C=O) groups is 1. The zero-order valence-corrected chi connectivity index (χ0v) is 18.5. The summed E-state index contributed by atoms with van der Waals surface area (Å²) in [6, 6.07) is 6.54. The molecule has 0 bridgehead atoms. The van der Waals surface area contributed by atoms with Crippen LogP contribution in [0, 0.1) is 11.8 Å². The van der Waals surface area contributed by atoms with Gasteiger partial charge in [0.1, 0.15) is 0 Å². The Balaban J connectivity index is 0.00000196. The zero-order chi connectivity index (χ0) is 18.7. The van der Waals surface area contributed by atoms with Crippen molar-refractivity contribution >= 4 is 46.4 Å². The van der Waals surface area contributed by atoms with Gasteiger partial charge in [-0.05, 0) is 50.6 Å². The predicted octanol–water partition coefficient (Wildman–Crippen LogP) is 1.78. The molecule has 1 aliphatic heterocycles. The summed E-state index contributed by atoms with van der Waals surface area (Å²) in [7, 11) is -1.56. The van der Waals surface area contributed by atoms with E-state index in [0.717, 1.165) is 32.4 Å². The Morgan fingerprint density at radius 3 is 2.50 bits per heavy atom. The molecule has 0 unspecified atom stereocenters. The smallest absolute Gasteiger partial charge is 0.243 e. The summed E-state index contributed by atoms with van der Waals surface area (Å²) in [6.45, 7) is 2.91.